The van der Waals surface area contributed by atoms with Gasteiger partial charge in [0.05, 0.1) is 6.67 Å². The molecule has 0 radical (unpaired) electrons. The molecule has 0 amide bonds. The highest BCUT2D eigenvalue weighted by atomic mass is 32.1. The van der Waals surface area contributed by atoms with Gasteiger partial charge in [0.2, 0.25) is 0 Å². The third kappa shape index (κ3) is 4.70. The lowest BCUT2D eigenvalue weighted by Gasteiger charge is -2.15. The number of rotatable bonds is 9. The van der Waals surface area contributed by atoms with Gasteiger partial charge in [0.1, 0.15) is 0 Å². The predicted molar refractivity (Wildman–Crippen MR) is 93.7 cm³/mol. The van der Waals surface area contributed by atoms with Crippen LogP contribution in [0.1, 0.15) is 19.8 Å². The summed E-state index contributed by atoms with van der Waals surface area (Å²) in [6, 6.07) is 3.94. The maximum absolute atomic E-state index is 5.63. The Bertz CT molecular complexity index is 652. The lowest BCUT2D eigenvalue weighted by molar-refractivity contribution is 0.168. The van der Waals surface area contributed by atoms with E-state index < -0.39 is 0 Å². The summed E-state index contributed by atoms with van der Waals surface area (Å²) >= 11 is 5.63. The first-order valence-corrected chi connectivity index (χ1v) is 8.33. The summed E-state index contributed by atoms with van der Waals surface area (Å²) in [7, 11) is 3.80. The summed E-state index contributed by atoms with van der Waals surface area (Å²) in [5, 5.41) is 4.74. The van der Waals surface area contributed by atoms with E-state index in [9.17, 15) is 0 Å². The lowest BCUT2D eigenvalue weighted by Crippen LogP contribution is -2.24. The molecule has 0 N–H and O–H groups in total. The van der Waals surface area contributed by atoms with Gasteiger partial charge in [-0.25, -0.2) is 4.68 Å². The van der Waals surface area contributed by atoms with Crippen LogP contribution in [0.5, 0.6) is 0 Å². The molecule has 23 heavy (non-hydrogen) atoms. The van der Waals surface area contributed by atoms with Gasteiger partial charge >= 0.3 is 0 Å². The van der Waals surface area contributed by atoms with Crippen molar-refractivity contribution in [2.24, 2.45) is 0 Å². The van der Waals surface area contributed by atoms with Crippen LogP contribution in [0.4, 0.5) is 0 Å². The molecule has 2 rings (SSSR count). The molecule has 2 aromatic heterocycles. The number of hydrogen-bond donors (Lipinski definition) is 0. The fourth-order valence-electron chi connectivity index (χ4n) is 2.45. The topological polar surface area (TPSA) is 48.1 Å². The molecule has 0 saturated carbocycles. The zero-order chi connectivity index (χ0) is 16.7. The Balaban J connectivity index is 2.22. The summed E-state index contributed by atoms with van der Waals surface area (Å²) in [5.74, 6) is 0.907. The van der Waals surface area contributed by atoms with Gasteiger partial charge in [0.15, 0.2) is 10.6 Å². The molecule has 126 valence electrons. The molecule has 0 bridgehead atoms. The number of nitrogens with zero attached hydrogens (tertiary/aromatic N) is 5. The van der Waals surface area contributed by atoms with E-state index in [0.717, 1.165) is 48.7 Å². The van der Waals surface area contributed by atoms with Crippen LogP contribution in [0.2, 0.25) is 0 Å². The van der Waals surface area contributed by atoms with Gasteiger partial charge in [-0.3, -0.25) is 14.5 Å². The minimum atomic E-state index is 0.678. The lowest BCUT2D eigenvalue weighted by atomic mass is 10.2. The van der Waals surface area contributed by atoms with Gasteiger partial charge in [-0.1, -0.05) is 6.92 Å². The minimum Gasteiger partial charge on any atom is -0.385 e. The summed E-state index contributed by atoms with van der Waals surface area (Å²) < 4.78 is 9.86. The Hall–Kier alpha value is -1.57. The fraction of sp³-hybridized carbons (Fsp3) is 0.562. The zero-order valence-corrected chi connectivity index (χ0v) is 14.9. The minimum absolute atomic E-state index is 0.678. The average Bonchev–Trinajstić information content (AvgIpc) is 2.86. The smallest absolute Gasteiger partial charge is 0.199 e. The quantitative estimate of drug-likeness (QED) is 0.521. The summed E-state index contributed by atoms with van der Waals surface area (Å²) in [6.45, 7) is 5.40. The van der Waals surface area contributed by atoms with E-state index in [1.54, 1.807) is 19.5 Å². The molecule has 7 heteroatoms. The van der Waals surface area contributed by atoms with E-state index in [-0.39, 0.29) is 0 Å². The van der Waals surface area contributed by atoms with E-state index in [0.29, 0.717) is 6.67 Å². The maximum Gasteiger partial charge on any atom is 0.199 e. The fourth-order valence-corrected chi connectivity index (χ4v) is 2.73. The van der Waals surface area contributed by atoms with E-state index in [1.807, 2.05) is 16.8 Å². The van der Waals surface area contributed by atoms with Gasteiger partial charge in [-0.15, -0.1) is 0 Å². The third-order valence-corrected chi connectivity index (χ3v) is 4.00. The molecule has 6 nitrogen and oxygen atoms in total. The van der Waals surface area contributed by atoms with E-state index in [1.165, 1.54) is 0 Å². The van der Waals surface area contributed by atoms with E-state index in [4.69, 9.17) is 22.1 Å². The highest BCUT2D eigenvalue weighted by Gasteiger charge is 2.13. The van der Waals surface area contributed by atoms with Crippen molar-refractivity contribution in [2.75, 3.05) is 27.3 Å². The SMILES string of the molecule is CCCn1c(-c2ccncc2)nn(CN(C)CCCOC)c1=S. The molecule has 0 aromatic carbocycles. The van der Waals surface area contributed by atoms with Crippen molar-refractivity contribution in [3.63, 3.8) is 0 Å². The first kappa shape index (κ1) is 17.8. The molecule has 2 aromatic rings. The van der Waals surface area contributed by atoms with Crippen LogP contribution in [-0.4, -0.2) is 51.5 Å². The van der Waals surface area contributed by atoms with Gasteiger partial charge in [-0.05, 0) is 44.2 Å². The van der Waals surface area contributed by atoms with Gasteiger partial charge in [0.25, 0.3) is 0 Å². The van der Waals surface area contributed by atoms with Crippen molar-refractivity contribution < 1.29 is 4.74 Å². The summed E-state index contributed by atoms with van der Waals surface area (Å²) in [5.41, 5.74) is 1.04. The second-order valence-corrected chi connectivity index (χ2v) is 5.93. The second-order valence-electron chi connectivity index (χ2n) is 5.56. The number of ether oxygens (including phenoxy) is 1. The number of hydrogen-bond acceptors (Lipinski definition) is 5. The van der Waals surface area contributed by atoms with E-state index >= 15 is 0 Å². The summed E-state index contributed by atoms with van der Waals surface area (Å²) in [4.78, 5) is 6.28. The van der Waals surface area contributed by atoms with Crippen molar-refractivity contribution in [1.82, 2.24) is 24.2 Å². The standard InChI is InChI=1S/C16H25N5OS/c1-4-10-20-15(14-6-8-17-9-7-14)18-21(16(20)23)13-19(2)11-5-12-22-3/h6-9H,4-5,10-13H2,1-3H3. The van der Waals surface area contributed by atoms with Crippen molar-refractivity contribution in [2.45, 2.75) is 33.0 Å². The third-order valence-electron chi connectivity index (χ3n) is 3.57. The van der Waals surface area contributed by atoms with Crippen LogP contribution in [0.25, 0.3) is 11.4 Å². The molecule has 2 heterocycles. The van der Waals surface area contributed by atoms with Crippen LogP contribution in [0.3, 0.4) is 0 Å². The average molecular weight is 335 g/mol. The zero-order valence-electron chi connectivity index (χ0n) is 14.1. The van der Waals surface area contributed by atoms with Crippen molar-refractivity contribution in [3.8, 4) is 11.4 Å². The number of pyridine rings is 1. The largest absolute Gasteiger partial charge is 0.385 e. The molecule has 0 fully saturated rings. The first-order chi connectivity index (χ1) is 11.2. The Morgan fingerprint density at radius 2 is 2.04 bits per heavy atom. The van der Waals surface area contributed by atoms with Crippen LogP contribution in [0, 0.1) is 4.77 Å². The van der Waals surface area contributed by atoms with Crippen LogP contribution >= 0.6 is 12.2 Å². The second kappa shape index (κ2) is 8.90. The molecule has 0 saturated heterocycles. The monoisotopic (exact) mass is 335 g/mol. The molecular weight excluding hydrogens is 310 g/mol. The Morgan fingerprint density at radius 3 is 2.70 bits per heavy atom. The Kier molecular flexibility index (Phi) is 6.88. The highest BCUT2D eigenvalue weighted by molar-refractivity contribution is 7.71. The van der Waals surface area contributed by atoms with E-state index in [2.05, 4.69) is 28.4 Å². The van der Waals surface area contributed by atoms with Gasteiger partial charge in [-0.2, -0.15) is 5.10 Å². The maximum atomic E-state index is 5.63. The molecule has 0 aliphatic rings. The molecular formula is C16H25N5OS. The molecule has 0 spiro atoms. The first-order valence-electron chi connectivity index (χ1n) is 7.93. The van der Waals surface area contributed by atoms with Crippen molar-refractivity contribution >= 4 is 12.2 Å². The number of aromatic nitrogens is 4. The van der Waals surface area contributed by atoms with Crippen molar-refractivity contribution in [1.29, 1.82) is 0 Å². The summed E-state index contributed by atoms with van der Waals surface area (Å²) in [6.07, 6.45) is 5.57. The molecule has 0 aliphatic heterocycles. The normalized spacial score (nSPS) is 11.3. The van der Waals surface area contributed by atoms with Gasteiger partial charge in [0, 0.05) is 44.8 Å². The molecule has 0 atom stereocenters. The van der Waals surface area contributed by atoms with Crippen LogP contribution < -0.4 is 0 Å². The van der Waals surface area contributed by atoms with Crippen LogP contribution in [-0.2, 0) is 18.0 Å². The van der Waals surface area contributed by atoms with Gasteiger partial charge < -0.3 is 4.74 Å². The van der Waals surface area contributed by atoms with Crippen LogP contribution in [0.15, 0.2) is 24.5 Å². The van der Waals surface area contributed by atoms with Crippen molar-refractivity contribution in [3.05, 3.63) is 29.3 Å². The molecule has 0 aliphatic carbocycles. The predicted octanol–water partition coefficient (Wildman–Crippen LogP) is 2.81. The molecule has 0 unspecified atom stereocenters. The Labute approximate surface area is 142 Å². The Morgan fingerprint density at radius 1 is 1.30 bits per heavy atom. The highest BCUT2D eigenvalue weighted by Crippen LogP contribution is 2.18. The number of methoxy groups -OCH3 is 1.